The van der Waals surface area contributed by atoms with Crippen molar-refractivity contribution in [2.45, 2.75) is 45.4 Å². The first-order valence-corrected chi connectivity index (χ1v) is 4.40. The highest BCUT2D eigenvalue weighted by Gasteiger charge is 2.02. The summed E-state index contributed by atoms with van der Waals surface area (Å²) in [6.45, 7) is 2.03. The molecule has 0 heterocycles. The van der Waals surface area contributed by atoms with Crippen molar-refractivity contribution in [1.82, 2.24) is 0 Å². The Labute approximate surface area is 72.8 Å². The van der Waals surface area contributed by atoms with Crippen LogP contribution in [0.3, 0.4) is 0 Å². The number of Topliss-reactive ketones (excluding diaryl/α,β-unsaturated/α-hetero) is 1. The summed E-state index contributed by atoms with van der Waals surface area (Å²) in [7, 11) is 0. The summed E-state index contributed by atoms with van der Waals surface area (Å²) >= 11 is 0. The lowest BCUT2D eigenvalue weighted by Gasteiger charge is -1.97. The van der Waals surface area contributed by atoms with Crippen LogP contribution in [-0.2, 0) is 9.59 Å². The van der Waals surface area contributed by atoms with E-state index in [9.17, 15) is 9.59 Å². The fraction of sp³-hybridized carbons (Fsp3) is 0.778. The van der Waals surface area contributed by atoms with Gasteiger partial charge in [0.05, 0.1) is 0 Å². The molecule has 0 aliphatic heterocycles. The molecule has 0 spiro atoms. The first kappa shape index (κ1) is 11.1. The summed E-state index contributed by atoms with van der Waals surface area (Å²) in [5.41, 5.74) is 0. The minimum Gasteiger partial charge on any atom is -0.481 e. The van der Waals surface area contributed by atoms with Crippen LogP contribution in [0.15, 0.2) is 0 Å². The van der Waals surface area contributed by atoms with Gasteiger partial charge in [-0.2, -0.15) is 0 Å². The van der Waals surface area contributed by atoms with Gasteiger partial charge in [-0.25, -0.2) is 0 Å². The number of rotatable bonds is 7. The van der Waals surface area contributed by atoms with Crippen molar-refractivity contribution in [3.8, 4) is 0 Å². The molecule has 0 aromatic carbocycles. The number of carbonyl (C=O) groups excluding carboxylic acids is 1. The van der Waals surface area contributed by atoms with E-state index in [1.54, 1.807) is 0 Å². The molecule has 0 atom stereocenters. The molecule has 3 nitrogen and oxygen atoms in total. The Balaban J connectivity index is 3.25. The SMILES string of the molecule is CCCCC(=O)CCCC(=O)O. The van der Waals surface area contributed by atoms with Crippen molar-refractivity contribution in [3.05, 3.63) is 0 Å². The summed E-state index contributed by atoms with van der Waals surface area (Å²) in [6, 6.07) is 0. The van der Waals surface area contributed by atoms with Crippen LogP contribution >= 0.6 is 0 Å². The van der Waals surface area contributed by atoms with Crippen molar-refractivity contribution in [2.24, 2.45) is 0 Å². The molecular formula is C9H16O3. The predicted molar refractivity (Wildman–Crippen MR) is 46.0 cm³/mol. The van der Waals surface area contributed by atoms with Crippen LogP contribution in [-0.4, -0.2) is 16.9 Å². The minimum absolute atomic E-state index is 0.109. The Morgan fingerprint density at radius 1 is 1.08 bits per heavy atom. The van der Waals surface area contributed by atoms with Crippen LogP contribution < -0.4 is 0 Å². The van der Waals surface area contributed by atoms with E-state index in [-0.39, 0.29) is 12.2 Å². The highest BCUT2D eigenvalue weighted by Crippen LogP contribution is 2.02. The van der Waals surface area contributed by atoms with E-state index in [4.69, 9.17) is 5.11 Å². The number of carbonyl (C=O) groups is 2. The Morgan fingerprint density at radius 3 is 2.17 bits per heavy atom. The standard InChI is InChI=1S/C9H16O3/c1-2-3-5-8(10)6-4-7-9(11)12/h2-7H2,1H3,(H,11,12). The number of hydrogen-bond acceptors (Lipinski definition) is 2. The van der Waals surface area contributed by atoms with Crippen molar-refractivity contribution in [2.75, 3.05) is 0 Å². The summed E-state index contributed by atoms with van der Waals surface area (Å²) in [6.07, 6.45) is 3.56. The first-order chi connectivity index (χ1) is 5.66. The monoisotopic (exact) mass is 172 g/mol. The van der Waals surface area contributed by atoms with Gasteiger partial charge in [0.25, 0.3) is 0 Å². The van der Waals surface area contributed by atoms with Crippen LogP contribution in [0.4, 0.5) is 0 Å². The second kappa shape index (κ2) is 6.83. The Kier molecular flexibility index (Phi) is 6.34. The third-order valence-corrected chi connectivity index (χ3v) is 1.66. The largest absolute Gasteiger partial charge is 0.481 e. The molecule has 1 N–H and O–H groups in total. The van der Waals surface area contributed by atoms with Gasteiger partial charge in [-0.05, 0) is 12.8 Å². The molecule has 0 aliphatic rings. The number of carboxylic acids is 1. The molecule has 0 aromatic rings. The zero-order valence-corrected chi connectivity index (χ0v) is 7.51. The van der Waals surface area contributed by atoms with Crippen molar-refractivity contribution < 1.29 is 14.7 Å². The average Bonchev–Trinajstić information content (AvgIpc) is 2.00. The molecule has 0 aliphatic carbocycles. The molecule has 70 valence electrons. The maximum absolute atomic E-state index is 11.0. The van der Waals surface area contributed by atoms with Gasteiger partial charge in [0.15, 0.2) is 0 Å². The van der Waals surface area contributed by atoms with Gasteiger partial charge in [0.1, 0.15) is 5.78 Å². The second-order valence-corrected chi connectivity index (χ2v) is 2.89. The van der Waals surface area contributed by atoms with Gasteiger partial charge in [-0.3, -0.25) is 9.59 Å². The topological polar surface area (TPSA) is 54.4 Å². The van der Waals surface area contributed by atoms with E-state index in [1.165, 1.54) is 0 Å². The van der Waals surface area contributed by atoms with E-state index in [1.807, 2.05) is 6.92 Å². The molecule has 0 saturated carbocycles. The van der Waals surface area contributed by atoms with E-state index in [0.717, 1.165) is 12.8 Å². The zero-order valence-electron chi connectivity index (χ0n) is 7.51. The van der Waals surface area contributed by atoms with Crippen molar-refractivity contribution in [1.29, 1.82) is 0 Å². The Morgan fingerprint density at radius 2 is 1.67 bits per heavy atom. The van der Waals surface area contributed by atoms with Crippen molar-refractivity contribution in [3.63, 3.8) is 0 Å². The lowest BCUT2D eigenvalue weighted by Crippen LogP contribution is -2.00. The highest BCUT2D eigenvalue weighted by atomic mass is 16.4. The van der Waals surface area contributed by atoms with Gasteiger partial charge in [-0.15, -0.1) is 0 Å². The smallest absolute Gasteiger partial charge is 0.303 e. The van der Waals surface area contributed by atoms with Gasteiger partial charge < -0.3 is 5.11 Å². The Hall–Kier alpha value is -0.860. The van der Waals surface area contributed by atoms with Crippen LogP contribution in [0.2, 0.25) is 0 Å². The lowest BCUT2D eigenvalue weighted by molar-refractivity contribution is -0.137. The zero-order chi connectivity index (χ0) is 9.40. The fourth-order valence-corrected chi connectivity index (χ4v) is 0.936. The molecule has 0 amide bonds. The lowest BCUT2D eigenvalue weighted by atomic mass is 10.1. The molecule has 0 rings (SSSR count). The van der Waals surface area contributed by atoms with Crippen LogP contribution in [0, 0.1) is 0 Å². The number of carboxylic acid groups (broad SMARTS) is 1. The first-order valence-electron chi connectivity index (χ1n) is 4.40. The third-order valence-electron chi connectivity index (χ3n) is 1.66. The molecule has 0 fully saturated rings. The quantitative estimate of drug-likeness (QED) is 0.639. The second-order valence-electron chi connectivity index (χ2n) is 2.89. The van der Waals surface area contributed by atoms with Crippen molar-refractivity contribution >= 4 is 11.8 Å². The summed E-state index contributed by atoms with van der Waals surface area (Å²) in [5.74, 6) is -0.628. The molecule has 3 heteroatoms. The normalized spacial score (nSPS) is 9.75. The maximum atomic E-state index is 11.0. The number of unbranched alkanes of at least 4 members (excludes halogenated alkanes) is 1. The fourth-order valence-electron chi connectivity index (χ4n) is 0.936. The molecular weight excluding hydrogens is 156 g/mol. The number of aliphatic carboxylic acids is 1. The van der Waals surface area contributed by atoms with Gasteiger partial charge in [-0.1, -0.05) is 13.3 Å². The van der Waals surface area contributed by atoms with E-state index in [2.05, 4.69) is 0 Å². The highest BCUT2D eigenvalue weighted by molar-refractivity contribution is 5.78. The summed E-state index contributed by atoms with van der Waals surface area (Å²) in [4.78, 5) is 21.1. The number of hydrogen-bond donors (Lipinski definition) is 1. The van der Waals surface area contributed by atoms with E-state index in [0.29, 0.717) is 19.3 Å². The van der Waals surface area contributed by atoms with Gasteiger partial charge >= 0.3 is 5.97 Å². The summed E-state index contributed by atoms with van der Waals surface area (Å²) < 4.78 is 0. The summed E-state index contributed by atoms with van der Waals surface area (Å²) in [5, 5.41) is 8.29. The minimum atomic E-state index is -0.821. The third kappa shape index (κ3) is 7.25. The molecule has 0 unspecified atom stereocenters. The van der Waals surface area contributed by atoms with E-state index >= 15 is 0 Å². The van der Waals surface area contributed by atoms with Crippen LogP contribution in [0.5, 0.6) is 0 Å². The molecule has 0 saturated heterocycles. The Bertz CT molecular complexity index is 152. The molecule has 12 heavy (non-hydrogen) atoms. The predicted octanol–water partition coefficient (Wildman–Crippen LogP) is 2.00. The molecule has 0 bridgehead atoms. The van der Waals surface area contributed by atoms with Crippen LogP contribution in [0.1, 0.15) is 45.4 Å². The maximum Gasteiger partial charge on any atom is 0.303 e. The van der Waals surface area contributed by atoms with Gasteiger partial charge in [0, 0.05) is 19.3 Å². The van der Waals surface area contributed by atoms with Gasteiger partial charge in [0.2, 0.25) is 0 Å². The molecule has 0 aromatic heterocycles. The average molecular weight is 172 g/mol. The molecule has 0 radical (unpaired) electrons. The van der Waals surface area contributed by atoms with E-state index < -0.39 is 5.97 Å². The number of ketones is 1. The van der Waals surface area contributed by atoms with Crippen LogP contribution in [0.25, 0.3) is 0 Å².